The Balaban J connectivity index is 1.50. The summed E-state index contributed by atoms with van der Waals surface area (Å²) in [7, 11) is 0. The Morgan fingerprint density at radius 2 is 1.67 bits per heavy atom. The predicted molar refractivity (Wildman–Crippen MR) is 108 cm³/mol. The van der Waals surface area contributed by atoms with Crippen molar-refractivity contribution in [3.63, 3.8) is 0 Å². The van der Waals surface area contributed by atoms with Crippen molar-refractivity contribution >= 4 is 34.8 Å². The van der Waals surface area contributed by atoms with Crippen LogP contribution in [-0.2, 0) is 16.0 Å². The van der Waals surface area contributed by atoms with Crippen LogP contribution in [0.4, 0.5) is 5.69 Å². The molecule has 140 valence electrons. The van der Waals surface area contributed by atoms with Gasteiger partial charge in [-0.3, -0.25) is 9.59 Å². The number of amides is 2. The Bertz CT molecular complexity index is 803. The average Bonchev–Trinajstić information content (AvgIpc) is 2.69. The first-order chi connectivity index (χ1) is 13.1. The van der Waals surface area contributed by atoms with E-state index in [0.717, 1.165) is 5.56 Å². The molecule has 2 aromatic rings. The van der Waals surface area contributed by atoms with E-state index in [1.54, 1.807) is 29.2 Å². The van der Waals surface area contributed by atoms with Crippen molar-refractivity contribution in [3.8, 4) is 0 Å². The molecule has 7 heteroatoms. The summed E-state index contributed by atoms with van der Waals surface area (Å²) in [6, 6.07) is 16.5. The van der Waals surface area contributed by atoms with Gasteiger partial charge in [0.25, 0.3) is 5.91 Å². The maximum atomic E-state index is 12.4. The molecule has 1 heterocycles. The molecule has 1 fully saturated rings. The lowest BCUT2D eigenvalue weighted by Crippen LogP contribution is -2.40. The van der Waals surface area contributed by atoms with Gasteiger partial charge in [-0.2, -0.15) is 0 Å². The molecular weight excluding hydrogens is 362 g/mol. The molecule has 0 spiro atoms. The molecule has 0 radical (unpaired) electrons. The van der Waals surface area contributed by atoms with E-state index in [4.69, 9.17) is 17.0 Å². The molecule has 3 rings (SSSR count). The van der Waals surface area contributed by atoms with Crippen LogP contribution < -0.4 is 10.6 Å². The van der Waals surface area contributed by atoms with E-state index in [1.165, 1.54) is 0 Å². The lowest BCUT2D eigenvalue weighted by Gasteiger charge is -2.26. The van der Waals surface area contributed by atoms with Crippen LogP contribution in [0.3, 0.4) is 0 Å². The minimum Gasteiger partial charge on any atom is -0.378 e. The third-order valence-electron chi connectivity index (χ3n) is 4.15. The first-order valence-corrected chi connectivity index (χ1v) is 9.14. The Morgan fingerprint density at radius 1 is 1.00 bits per heavy atom. The highest BCUT2D eigenvalue weighted by molar-refractivity contribution is 7.80. The van der Waals surface area contributed by atoms with Gasteiger partial charge in [-0.05, 0) is 42.0 Å². The molecule has 2 aromatic carbocycles. The van der Waals surface area contributed by atoms with Crippen molar-refractivity contribution < 1.29 is 14.3 Å². The van der Waals surface area contributed by atoms with Crippen LogP contribution in [0.2, 0.25) is 0 Å². The number of hydrogen-bond acceptors (Lipinski definition) is 4. The summed E-state index contributed by atoms with van der Waals surface area (Å²) in [6.45, 7) is 2.36. The van der Waals surface area contributed by atoms with Gasteiger partial charge in [0.15, 0.2) is 5.11 Å². The minimum atomic E-state index is -0.183. The van der Waals surface area contributed by atoms with Gasteiger partial charge in [-0.1, -0.05) is 30.3 Å². The summed E-state index contributed by atoms with van der Waals surface area (Å²) in [6.07, 6.45) is 0.260. The van der Waals surface area contributed by atoms with Gasteiger partial charge in [0, 0.05) is 24.3 Å². The third-order valence-corrected chi connectivity index (χ3v) is 4.35. The molecule has 0 unspecified atom stereocenters. The lowest BCUT2D eigenvalue weighted by atomic mass is 10.1. The SMILES string of the molecule is O=C(Cc1ccccc1)NC(=S)Nc1ccc(C(=O)N2CCOCC2)cc1. The van der Waals surface area contributed by atoms with Crippen LogP contribution in [-0.4, -0.2) is 48.1 Å². The summed E-state index contributed by atoms with van der Waals surface area (Å²) < 4.78 is 5.26. The topological polar surface area (TPSA) is 70.7 Å². The van der Waals surface area contributed by atoms with Gasteiger partial charge in [-0.25, -0.2) is 0 Å². The van der Waals surface area contributed by atoms with Crippen molar-refractivity contribution in [1.82, 2.24) is 10.2 Å². The van der Waals surface area contributed by atoms with Crippen LogP contribution in [0.5, 0.6) is 0 Å². The summed E-state index contributed by atoms with van der Waals surface area (Å²) in [4.78, 5) is 26.2. The number of morpholine rings is 1. The number of ether oxygens (including phenoxy) is 1. The number of rotatable bonds is 4. The fourth-order valence-electron chi connectivity index (χ4n) is 2.76. The lowest BCUT2D eigenvalue weighted by molar-refractivity contribution is -0.119. The van der Waals surface area contributed by atoms with Crippen LogP contribution in [0.15, 0.2) is 54.6 Å². The van der Waals surface area contributed by atoms with E-state index in [-0.39, 0.29) is 23.3 Å². The van der Waals surface area contributed by atoms with Crippen molar-refractivity contribution in [2.75, 3.05) is 31.6 Å². The highest BCUT2D eigenvalue weighted by atomic mass is 32.1. The van der Waals surface area contributed by atoms with Crippen molar-refractivity contribution in [1.29, 1.82) is 0 Å². The summed E-state index contributed by atoms with van der Waals surface area (Å²) >= 11 is 5.18. The van der Waals surface area contributed by atoms with Gasteiger partial charge in [-0.15, -0.1) is 0 Å². The molecular formula is C20H21N3O3S. The second kappa shape index (κ2) is 9.25. The van der Waals surface area contributed by atoms with Gasteiger partial charge in [0.2, 0.25) is 5.91 Å². The second-order valence-electron chi connectivity index (χ2n) is 6.15. The fraction of sp³-hybridized carbons (Fsp3) is 0.250. The van der Waals surface area contributed by atoms with Gasteiger partial charge in [0.05, 0.1) is 19.6 Å². The second-order valence-corrected chi connectivity index (χ2v) is 6.55. The zero-order chi connectivity index (χ0) is 19.1. The highest BCUT2D eigenvalue weighted by Crippen LogP contribution is 2.12. The van der Waals surface area contributed by atoms with E-state index < -0.39 is 0 Å². The van der Waals surface area contributed by atoms with E-state index in [1.807, 2.05) is 30.3 Å². The quantitative estimate of drug-likeness (QED) is 0.793. The molecule has 0 bridgehead atoms. The molecule has 2 N–H and O–H groups in total. The number of thiocarbonyl (C=S) groups is 1. The van der Waals surface area contributed by atoms with E-state index in [2.05, 4.69) is 10.6 Å². The molecule has 0 atom stereocenters. The number of carbonyl (C=O) groups excluding carboxylic acids is 2. The summed E-state index contributed by atoms with van der Waals surface area (Å²) in [5, 5.41) is 5.84. The molecule has 1 aliphatic heterocycles. The molecule has 1 saturated heterocycles. The maximum Gasteiger partial charge on any atom is 0.254 e. The number of anilines is 1. The van der Waals surface area contributed by atoms with Crippen molar-refractivity contribution in [3.05, 3.63) is 65.7 Å². The molecule has 0 aliphatic carbocycles. The first kappa shape index (κ1) is 19.0. The monoisotopic (exact) mass is 383 g/mol. The molecule has 1 aliphatic rings. The summed E-state index contributed by atoms with van der Waals surface area (Å²) in [5.41, 5.74) is 2.24. The van der Waals surface area contributed by atoms with Crippen LogP contribution in [0, 0.1) is 0 Å². The Morgan fingerprint density at radius 3 is 2.33 bits per heavy atom. The standard InChI is InChI=1S/C20H21N3O3S/c24-18(14-15-4-2-1-3-5-15)22-20(27)21-17-8-6-16(7-9-17)19(25)23-10-12-26-13-11-23/h1-9H,10-14H2,(H2,21,22,24,27). The minimum absolute atomic E-state index is 0.0106. The van der Waals surface area contributed by atoms with Crippen LogP contribution in [0.1, 0.15) is 15.9 Å². The fourth-order valence-corrected chi connectivity index (χ4v) is 2.99. The molecule has 0 aromatic heterocycles. The maximum absolute atomic E-state index is 12.4. The van der Waals surface area contributed by atoms with E-state index >= 15 is 0 Å². The molecule has 6 nitrogen and oxygen atoms in total. The van der Waals surface area contributed by atoms with Gasteiger partial charge < -0.3 is 20.3 Å². The molecule has 2 amide bonds. The number of carbonyl (C=O) groups is 2. The number of nitrogens with zero attached hydrogens (tertiary/aromatic N) is 1. The number of hydrogen-bond donors (Lipinski definition) is 2. The van der Waals surface area contributed by atoms with E-state index in [0.29, 0.717) is 37.6 Å². The third kappa shape index (κ3) is 5.60. The number of nitrogens with one attached hydrogen (secondary N) is 2. The van der Waals surface area contributed by atoms with Crippen LogP contribution >= 0.6 is 12.2 Å². The van der Waals surface area contributed by atoms with Gasteiger partial charge >= 0.3 is 0 Å². The smallest absolute Gasteiger partial charge is 0.254 e. The zero-order valence-corrected chi connectivity index (χ0v) is 15.6. The van der Waals surface area contributed by atoms with Crippen LogP contribution in [0.25, 0.3) is 0 Å². The average molecular weight is 383 g/mol. The first-order valence-electron chi connectivity index (χ1n) is 8.73. The molecule has 0 saturated carbocycles. The zero-order valence-electron chi connectivity index (χ0n) is 14.8. The summed E-state index contributed by atoms with van der Waals surface area (Å²) in [5.74, 6) is -0.193. The van der Waals surface area contributed by atoms with E-state index in [9.17, 15) is 9.59 Å². The predicted octanol–water partition coefficient (Wildman–Crippen LogP) is 2.21. The largest absolute Gasteiger partial charge is 0.378 e. The van der Waals surface area contributed by atoms with Crippen molar-refractivity contribution in [2.45, 2.75) is 6.42 Å². The number of benzene rings is 2. The highest BCUT2D eigenvalue weighted by Gasteiger charge is 2.18. The van der Waals surface area contributed by atoms with Gasteiger partial charge in [0.1, 0.15) is 0 Å². The molecule has 27 heavy (non-hydrogen) atoms. The Labute approximate surface area is 163 Å². The normalized spacial score (nSPS) is 13.7. The Kier molecular flexibility index (Phi) is 6.51. The van der Waals surface area contributed by atoms with Crippen molar-refractivity contribution in [2.24, 2.45) is 0 Å². The Hall–Kier alpha value is -2.77.